The highest BCUT2D eigenvalue weighted by molar-refractivity contribution is 6.35. The van der Waals surface area contributed by atoms with Gasteiger partial charge in [0.25, 0.3) is 0 Å². The van der Waals surface area contributed by atoms with E-state index in [9.17, 15) is 4.79 Å². The Morgan fingerprint density at radius 1 is 1.33 bits per heavy atom. The van der Waals surface area contributed by atoms with Crippen LogP contribution in [0, 0.1) is 0 Å². The van der Waals surface area contributed by atoms with Crippen molar-refractivity contribution in [3.8, 4) is 0 Å². The van der Waals surface area contributed by atoms with E-state index < -0.39 is 0 Å². The van der Waals surface area contributed by atoms with Gasteiger partial charge in [0.05, 0.1) is 0 Å². The topological polar surface area (TPSA) is 61.4 Å². The summed E-state index contributed by atoms with van der Waals surface area (Å²) in [5.74, 6) is 0. The average Bonchev–Trinajstić information content (AvgIpc) is 2.24. The van der Waals surface area contributed by atoms with Crippen molar-refractivity contribution in [3.63, 3.8) is 0 Å². The first-order valence-corrected chi connectivity index (χ1v) is 6.41. The number of anilines is 1. The minimum Gasteiger partial charge on any atom is -0.396 e. The minimum atomic E-state index is -0.321. The van der Waals surface area contributed by atoms with Gasteiger partial charge in [0.2, 0.25) is 0 Å². The van der Waals surface area contributed by atoms with Crippen LogP contribution in [0.2, 0.25) is 10.0 Å². The van der Waals surface area contributed by atoms with Crippen LogP contribution in [0.1, 0.15) is 19.8 Å². The van der Waals surface area contributed by atoms with Gasteiger partial charge in [-0.25, -0.2) is 4.79 Å². The maximum absolute atomic E-state index is 11.6. The lowest BCUT2D eigenvalue weighted by atomic mass is 10.2. The van der Waals surface area contributed by atoms with Crippen LogP contribution in [0.5, 0.6) is 0 Å². The van der Waals surface area contributed by atoms with Crippen LogP contribution in [0.3, 0.4) is 0 Å². The molecule has 0 aliphatic carbocycles. The molecule has 0 aromatic heterocycles. The van der Waals surface area contributed by atoms with E-state index in [2.05, 4.69) is 10.6 Å². The number of carbonyl (C=O) groups is 1. The van der Waals surface area contributed by atoms with Gasteiger partial charge in [0.15, 0.2) is 0 Å². The van der Waals surface area contributed by atoms with E-state index >= 15 is 0 Å². The smallest absolute Gasteiger partial charge is 0.319 e. The SMILES string of the molecule is CC(CCCO)NC(=O)Nc1cc(Cl)cc(Cl)c1. The largest absolute Gasteiger partial charge is 0.396 e. The minimum absolute atomic E-state index is 0.00759. The molecule has 1 atom stereocenters. The summed E-state index contributed by atoms with van der Waals surface area (Å²) in [6.07, 6.45) is 1.38. The van der Waals surface area contributed by atoms with Crippen molar-refractivity contribution in [1.82, 2.24) is 5.32 Å². The van der Waals surface area contributed by atoms with E-state index in [-0.39, 0.29) is 18.7 Å². The lowest BCUT2D eigenvalue weighted by molar-refractivity contribution is 0.245. The zero-order valence-corrected chi connectivity index (χ0v) is 11.6. The van der Waals surface area contributed by atoms with Crippen molar-refractivity contribution in [2.45, 2.75) is 25.8 Å². The van der Waals surface area contributed by atoms with Gasteiger partial charge >= 0.3 is 6.03 Å². The van der Waals surface area contributed by atoms with Crippen molar-refractivity contribution in [1.29, 1.82) is 0 Å². The molecule has 1 aromatic carbocycles. The fraction of sp³-hybridized carbons (Fsp3) is 0.417. The Morgan fingerprint density at radius 3 is 2.50 bits per heavy atom. The fourth-order valence-electron chi connectivity index (χ4n) is 1.49. The van der Waals surface area contributed by atoms with Gasteiger partial charge in [-0.05, 0) is 38.0 Å². The molecular formula is C12H16Cl2N2O2. The summed E-state index contributed by atoms with van der Waals surface area (Å²) in [5, 5.41) is 15.0. The van der Waals surface area contributed by atoms with Gasteiger partial charge in [-0.15, -0.1) is 0 Å². The predicted molar refractivity (Wildman–Crippen MR) is 74.4 cm³/mol. The zero-order chi connectivity index (χ0) is 13.5. The molecule has 0 aliphatic heterocycles. The Hall–Kier alpha value is -0.970. The number of aliphatic hydroxyl groups excluding tert-OH is 1. The van der Waals surface area contributed by atoms with Gasteiger partial charge in [-0.1, -0.05) is 23.2 Å². The second-order valence-electron chi connectivity index (χ2n) is 4.02. The number of halogens is 2. The van der Waals surface area contributed by atoms with Crippen LogP contribution in [0.25, 0.3) is 0 Å². The second-order valence-corrected chi connectivity index (χ2v) is 4.90. The molecule has 0 spiro atoms. The van der Waals surface area contributed by atoms with Crippen molar-refractivity contribution < 1.29 is 9.90 Å². The molecule has 4 nitrogen and oxygen atoms in total. The van der Waals surface area contributed by atoms with Crippen LogP contribution in [-0.2, 0) is 0 Å². The molecule has 1 aromatic rings. The summed E-state index contributed by atoms with van der Waals surface area (Å²) in [7, 11) is 0. The third-order valence-corrected chi connectivity index (χ3v) is 2.73. The maximum atomic E-state index is 11.6. The lowest BCUT2D eigenvalue weighted by Crippen LogP contribution is -2.36. The molecule has 0 bridgehead atoms. The highest BCUT2D eigenvalue weighted by Crippen LogP contribution is 2.22. The molecule has 18 heavy (non-hydrogen) atoms. The van der Waals surface area contributed by atoms with Gasteiger partial charge < -0.3 is 15.7 Å². The van der Waals surface area contributed by atoms with Crippen LogP contribution in [0.15, 0.2) is 18.2 Å². The highest BCUT2D eigenvalue weighted by Gasteiger charge is 2.07. The van der Waals surface area contributed by atoms with E-state index in [1.807, 2.05) is 6.92 Å². The van der Waals surface area contributed by atoms with Crippen LogP contribution >= 0.6 is 23.2 Å². The molecule has 6 heteroatoms. The Bertz CT molecular complexity index is 393. The molecule has 0 fully saturated rings. The Balaban J connectivity index is 2.48. The monoisotopic (exact) mass is 290 g/mol. The van der Waals surface area contributed by atoms with E-state index in [1.165, 1.54) is 0 Å². The first-order valence-electron chi connectivity index (χ1n) is 5.65. The molecule has 1 unspecified atom stereocenters. The Kier molecular flexibility index (Phi) is 6.25. The quantitative estimate of drug-likeness (QED) is 0.779. The number of amides is 2. The summed E-state index contributed by atoms with van der Waals surface area (Å²) in [5.41, 5.74) is 0.541. The number of rotatable bonds is 5. The second kappa shape index (κ2) is 7.46. The predicted octanol–water partition coefficient (Wildman–Crippen LogP) is 3.28. The number of hydrogen-bond donors (Lipinski definition) is 3. The number of hydrogen-bond acceptors (Lipinski definition) is 2. The molecule has 1 rings (SSSR count). The number of benzene rings is 1. The highest BCUT2D eigenvalue weighted by atomic mass is 35.5. The summed E-state index contributed by atoms with van der Waals surface area (Å²) >= 11 is 11.6. The van der Waals surface area contributed by atoms with E-state index in [1.54, 1.807) is 18.2 Å². The molecule has 0 saturated carbocycles. The van der Waals surface area contributed by atoms with Crippen LogP contribution < -0.4 is 10.6 Å². The third kappa shape index (κ3) is 5.58. The summed E-state index contributed by atoms with van der Waals surface area (Å²) in [6.45, 7) is 2.00. The molecular weight excluding hydrogens is 275 g/mol. The molecule has 0 aliphatic rings. The molecule has 0 saturated heterocycles. The number of nitrogens with one attached hydrogen (secondary N) is 2. The maximum Gasteiger partial charge on any atom is 0.319 e. The van der Waals surface area contributed by atoms with Gasteiger partial charge in [-0.3, -0.25) is 0 Å². The first kappa shape index (κ1) is 15.1. The van der Waals surface area contributed by atoms with Crippen molar-refractivity contribution >= 4 is 34.9 Å². The average molecular weight is 291 g/mol. The van der Waals surface area contributed by atoms with E-state index in [4.69, 9.17) is 28.3 Å². The molecule has 100 valence electrons. The lowest BCUT2D eigenvalue weighted by Gasteiger charge is -2.14. The van der Waals surface area contributed by atoms with Crippen molar-refractivity contribution in [2.75, 3.05) is 11.9 Å². The molecule has 0 radical (unpaired) electrons. The number of carbonyl (C=O) groups excluding carboxylic acids is 1. The first-order chi connectivity index (χ1) is 8.51. The fourth-order valence-corrected chi connectivity index (χ4v) is 2.01. The van der Waals surface area contributed by atoms with Crippen LogP contribution in [0.4, 0.5) is 10.5 Å². The zero-order valence-electron chi connectivity index (χ0n) is 10.0. The van der Waals surface area contributed by atoms with Gasteiger partial charge in [-0.2, -0.15) is 0 Å². The summed E-state index contributed by atoms with van der Waals surface area (Å²) in [4.78, 5) is 11.6. The summed E-state index contributed by atoms with van der Waals surface area (Å²) < 4.78 is 0. The number of urea groups is 1. The Morgan fingerprint density at radius 2 is 1.94 bits per heavy atom. The van der Waals surface area contributed by atoms with Crippen molar-refractivity contribution in [3.05, 3.63) is 28.2 Å². The third-order valence-electron chi connectivity index (χ3n) is 2.29. The van der Waals surface area contributed by atoms with Gasteiger partial charge in [0, 0.05) is 28.4 Å². The normalized spacial score (nSPS) is 12.0. The summed E-state index contributed by atoms with van der Waals surface area (Å²) in [6, 6.07) is 4.50. The van der Waals surface area contributed by atoms with E-state index in [0.29, 0.717) is 22.2 Å². The Labute approximate surface area is 116 Å². The molecule has 2 amide bonds. The standard InChI is InChI=1S/C12H16Cl2N2O2/c1-8(3-2-4-17)15-12(18)16-11-6-9(13)5-10(14)7-11/h5-8,17H,2-4H2,1H3,(H2,15,16,18). The van der Waals surface area contributed by atoms with Gasteiger partial charge in [0.1, 0.15) is 0 Å². The van der Waals surface area contributed by atoms with E-state index in [0.717, 1.165) is 6.42 Å². The number of aliphatic hydroxyl groups is 1. The van der Waals surface area contributed by atoms with Crippen LogP contribution in [-0.4, -0.2) is 23.8 Å². The molecule has 3 N–H and O–H groups in total. The molecule has 0 heterocycles. The van der Waals surface area contributed by atoms with Crippen molar-refractivity contribution in [2.24, 2.45) is 0 Å².